The average Bonchev–Trinajstić information content (AvgIpc) is 2.48. The van der Waals surface area contributed by atoms with E-state index in [1.54, 1.807) is 13.0 Å². The van der Waals surface area contributed by atoms with E-state index in [-0.39, 0.29) is 5.69 Å². The number of nitrogens with one attached hydrogen (secondary N) is 1. The SMILES string of the molecule is Cc1cc2[nH]nnc2cc1[N+](=O)[O-]. The first-order valence-corrected chi connectivity index (χ1v) is 3.64. The fraction of sp³-hybridized carbons (Fsp3) is 0.143. The molecule has 0 aliphatic carbocycles. The van der Waals surface area contributed by atoms with Crippen LogP contribution in [0, 0.1) is 17.0 Å². The molecule has 0 saturated carbocycles. The van der Waals surface area contributed by atoms with Crippen molar-refractivity contribution in [3.8, 4) is 0 Å². The van der Waals surface area contributed by atoms with Gasteiger partial charge < -0.3 is 0 Å². The zero-order valence-electron chi connectivity index (χ0n) is 6.81. The molecule has 0 fully saturated rings. The quantitative estimate of drug-likeness (QED) is 0.524. The zero-order valence-corrected chi connectivity index (χ0v) is 6.81. The second-order valence-corrected chi connectivity index (χ2v) is 2.72. The summed E-state index contributed by atoms with van der Waals surface area (Å²) in [5, 5.41) is 20.4. The molecule has 0 amide bonds. The van der Waals surface area contributed by atoms with E-state index >= 15 is 0 Å². The second kappa shape index (κ2) is 2.51. The smallest absolute Gasteiger partial charge is 0.258 e. The Kier molecular flexibility index (Phi) is 1.48. The number of H-pyrrole nitrogens is 1. The molecule has 0 atom stereocenters. The highest BCUT2D eigenvalue weighted by molar-refractivity contribution is 5.77. The van der Waals surface area contributed by atoms with Crippen LogP contribution in [-0.2, 0) is 0 Å². The van der Waals surface area contributed by atoms with Crippen LogP contribution in [0.4, 0.5) is 5.69 Å². The van der Waals surface area contributed by atoms with Crippen molar-refractivity contribution in [2.24, 2.45) is 0 Å². The largest absolute Gasteiger partial charge is 0.274 e. The highest BCUT2D eigenvalue weighted by Gasteiger charge is 2.12. The van der Waals surface area contributed by atoms with Crippen molar-refractivity contribution in [3.05, 3.63) is 27.8 Å². The number of hydrogen-bond acceptors (Lipinski definition) is 4. The van der Waals surface area contributed by atoms with Crippen molar-refractivity contribution in [3.63, 3.8) is 0 Å². The number of aromatic nitrogens is 3. The number of nitro groups is 1. The van der Waals surface area contributed by atoms with E-state index < -0.39 is 4.92 Å². The van der Waals surface area contributed by atoms with E-state index in [1.165, 1.54) is 6.07 Å². The normalized spacial score (nSPS) is 10.5. The Hall–Kier alpha value is -1.98. The number of fused-ring (bicyclic) bond motifs is 1. The summed E-state index contributed by atoms with van der Waals surface area (Å²) in [6.07, 6.45) is 0. The van der Waals surface area contributed by atoms with E-state index in [2.05, 4.69) is 15.4 Å². The lowest BCUT2D eigenvalue weighted by molar-refractivity contribution is -0.385. The van der Waals surface area contributed by atoms with Crippen LogP contribution in [0.3, 0.4) is 0 Å². The molecule has 1 aromatic heterocycles. The van der Waals surface area contributed by atoms with Gasteiger partial charge in [0.05, 0.1) is 10.4 Å². The fourth-order valence-corrected chi connectivity index (χ4v) is 1.19. The average molecular weight is 178 g/mol. The van der Waals surface area contributed by atoms with Crippen LogP contribution in [0.15, 0.2) is 12.1 Å². The van der Waals surface area contributed by atoms with Gasteiger partial charge in [0.2, 0.25) is 0 Å². The molecular formula is C7H6N4O2. The Balaban J connectivity index is 2.76. The Labute approximate surface area is 72.7 Å². The van der Waals surface area contributed by atoms with Gasteiger partial charge in [-0.25, -0.2) is 0 Å². The van der Waals surface area contributed by atoms with E-state index in [0.29, 0.717) is 16.6 Å². The predicted molar refractivity (Wildman–Crippen MR) is 45.3 cm³/mol. The maximum atomic E-state index is 10.5. The third-order valence-electron chi connectivity index (χ3n) is 1.84. The van der Waals surface area contributed by atoms with Crippen molar-refractivity contribution in [2.45, 2.75) is 6.92 Å². The first kappa shape index (κ1) is 7.66. The maximum Gasteiger partial charge on any atom is 0.274 e. The van der Waals surface area contributed by atoms with Crippen molar-refractivity contribution in [1.29, 1.82) is 0 Å². The molecule has 1 heterocycles. The lowest BCUT2D eigenvalue weighted by atomic mass is 10.2. The van der Waals surface area contributed by atoms with E-state index in [9.17, 15) is 10.1 Å². The number of nitro benzene ring substituents is 1. The number of aryl methyl sites for hydroxylation is 1. The second-order valence-electron chi connectivity index (χ2n) is 2.72. The van der Waals surface area contributed by atoms with E-state index in [4.69, 9.17) is 0 Å². The van der Waals surface area contributed by atoms with Crippen LogP contribution in [0.1, 0.15) is 5.56 Å². The van der Waals surface area contributed by atoms with E-state index in [1.807, 2.05) is 0 Å². The topological polar surface area (TPSA) is 84.7 Å². The molecule has 6 nitrogen and oxygen atoms in total. The summed E-state index contributed by atoms with van der Waals surface area (Å²) in [5.74, 6) is 0. The van der Waals surface area contributed by atoms with Crippen LogP contribution in [0.2, 0.25) is 0 Å². The lowest BCUT2D eigenvalue weighted by Gasteiger charge is -1.94. The lowest BCUT2D eigenvalue weighted by Crippen LogP contribution is -1.91. The van der Waals surface area contributed by atoms with Gasteiger partial charge in [-0.1, -0.05) is 5.21 Å². The molecule has 2 rings (SSSR count). The van der Waals surface area contributed by atoms with Gasteiger partial charge in [-0.3, -0.25) is 15.2 Å². The third kappa shape index (κ3) is 1.12. The number of rotatable bonds is 1. The van der Waals surface area contributed by atoms with Crippen LogP contribution in [0.5, 0.6) is 0 Å². The molecule has 6 heteroatoms. The Bertz CT molecular complexity index is 476. The van der Waals surface area contributed by atoms with E-state index in [0.717, 1.165) is 0 Å². The summed E-state index contributed by atoms with van der Waals surface area (Å²) in [4.78, 5) is 10.1. The molecule has 0 radical (unpaired) electrons. The first-order chi connectivity index (χ1) is 6.18. The monoisotopic (exact) mass is 178 g/mol. The number of benzene rings is 1. The van der Waals surface area contributed by atoms with Gasteiger partial charge in [0.25, 0.3) is 5.69 Å². The molecule has 1 aromatic carbocycles. The highest BCUT2D eigenvalue weighted by atomic mass is 16.6. The highest BCUT2D eigenvalue weighted by Crippen LogP contribution is 2.21. The Morgan fingerprint density at radius 1 is 1.54 bits per heavy atom. The summed E-state index contributed by atoms with van der Waals surface area (Å²) in [5.41, 5.74) is 1.89. The summed E-state index contributed by atoms with van der Waals surface area (Å²) < 4.78 is 0. The Morgan fingerprint density at radius 3 is 3.00 bits per heavy atom. The number of hydrogen-bond donors (Lipinski definition) is 1. The van der Waals surface area contributed by atoms with Crippen LogP contribution >= 0.6 is 0 Å². The summed E-state index contributed by atoms with van der Waals surface area (Å²) >= 11 is 0. The molecular weight excluding hydrogens is 172 g/mol. The summed E-state index contributed by atoms with van der Waals surface area (Å²) in [7, 11) is 0. The summed E-state index contributed by atoms with van der Waals surface area (Å²) in [6.45, 7) is 1.68. The number of nitrogens with zero attached hydrogens (tertiary/aromatic N) is 3. The van der Waals surface area contributed by atoms with Crippen molar-refractivity contribution in [1.82, 2.24) is 15.4 Å². The molecule has 1 N–H and O–H groups in total. The van der Waals surface area contributed by atoms with Gasteiger partial charge in [0, 0.05) is 11.6 Å². The van der Waals surface area contributed by atoms with Gasteiger partial charge in [-0.2, -0.15) is 0 Å². The standard InChI is InChI=1S/C7H6N4O2/c1-4-2-5-6(9-10-8-5)3-7(4)11(12)13/h2-3H,1H3,(H,8,9,10). The Morgan fingerprint density at radius 2 is 2.31 bits per heavy atom. The molecule has 0 unspecified atom stereocenters. The van der Waals surface area contributed by atoms with Gasteiger partial charge in [-0.05, 0) is 13.0 Å². The van der Waals surface area contributed by atoms with Crippen molar-refractivity contribution in [2.75, 3.05) is 0 Å². The molecule has 66 valence electrons. The maximum absolute atomic E-state index is 10.5. The molecule has 13 heavy (non-hydrogen) atoms. The molecule has 0 bridgehead atoms. The minimum atomic E-state index is -0.427. The van der Waals surface area contributed by atoms with Gasteiger partial charge in [0.1, 0.15) is 5.52 Å². The molecule has 0 saturated heterocycles. The first-order valence-electron chi connectivity index (χ1n) is 3.64. The van der Waals surface area contributed by atoms with Gasteiger partial charge in [-0.15, -0.1) is 5.10 Å². The fourth-order valence-electron chi connectivity index (χ4n) is 1.19. The van der Waals surface area contributed by atoms with Crippen molar-refractivity contribution >= 4 is 16.7 Å². The molecule has 0 aliphatic rings. The van der Waals surface area contributed by atoms with Gasteiger partial charge >= 0.3 is 0 Å². The molecule has 2 aromatic rings. The summed E-state index contributed by atoms with van der Waals surface area (Å²) in [6, 6.07) is 3.07. The minimum Gasteiger partial charge on any atom is -0.258 e. The van der Waals surface area contributed by atoms with Gasteiger partial charge in [0.15, 0.2) is 0 Å². The van der Waals surface area contributed by atoms with Crippen LogP contribution in [-0.4, -0.2) is 20.3 Å². The van der Waals surface area contributed by atoms with Crippen molar-refractivity contribution < 1.29 is 4.92 Å². The zero-order chi connectivity index (χ0) is 9.42. The van der Waals surface area contributed by atoms with Crippen LogP contribution in [0.25, 0.3) is 11.0 Å². The minimum absolute atomic E-state index is 0.0707. The van der Waals surface area contributed by atoms with Crippen LogP contribution < -0.4 is 0 Å². The molecule has 0 aliphatic heterocycles. The predicted octanol–water partition coefficient (Wildman–Crippen LogP) is 1.17. The number of aromatic amines is 1. The third-order valence-corrected chi connectivity index (χ3v) is 1.84. The molecule has 0 spiro atoms.